The molecule has 4 aromatic rings. The summed E-state index contributed by atoms with van der Waals surface area (Å²) >= 11 is 0. The Bertz CT molecular complexity index is 1360. The van der Waals surface area contributed by atoms with Crippen molar-refractivity contribution in [3.63, 3.8) is 0 Å². The van der Waals surface area contributed by atoms with Gasteiger partial charge in [0.25, 0.3) is 0 Å². The molecule has 0 aliphatic heterocycles. The predicted molar refractivity (Wildman–Crippen MR) is 148 cm³/mol. The molecule has 0 fully saturated rings. The normalized spacial score (nSPS) is 10.3. The number of hydrogen-bond donors (Lipinski definition) is 0. The summed E-state index contributed by atoms with van der Waals surface area (Å²) < 4.78 is 21.5. The van der Waals surface area contributed by atoms with Gasteiger partial charge < -0.3 is 18.9 Å². The Morgan fingerprint density at radius 1 is 0.474 bits per heavy atom. The van der Waals surface area contributed by atoms with Crippen LogP contribution in [0.5, 0.6) is 23.0 Å². The highest BCUT2D eigenvalue weighted by molar-refractivity contribution is 6.09. The first kappa shape index (κ1) is 26.2. The lowest BCUT2D eigenvalue weighted by Gasteiger charge is -2.21. The Hall–Kier alpha value is -4.84. The highest BCUT2D eigenvalue weighted by Crippen LogP contribution is 2.41. The summed E-state index contributed by atoms with van der Waals surface area (Å²) in [6, 6.07) is 25.9. The Kier molecular flexibility index (Phi) is 8.23. The average Bonchev–Trinajstić information content (AvgIpc) is 2.99. The minimum absolute atomic E-state index is 0.423. The molecule has 0 bridgehead atoms. The van der Waals surface area contributed by atoms with E-state index < -0.39 is 0 Å². The molecule has 0 atom stereocenters. The lowest BCUT2D eigenvalue weighted by atomic mass is 9.82. The number of benzene rings is 4. The van der Waals surface area contributed by atoms with E-state index in [0.717, 1.165) is 29.3 Å². The maximum atomic E-state index is 12.3. The zero-order valence-electron chi connectivity index (χ0n) is 21.7. The van der Waals surface area contributed by atoms with Crippen LogP contribution in [0.4, 0.5) is 0 Å². The van der Waals surface area contributed by atoms with Gasteiger partial charge in [0.15, 0.2) is 12.6 Å². The number of methoxy groups -OCH3 is 4. The fraction of sp³-hybridized carbons (Fsp3) is 0.125. The van der Waals surface area contributed by atoms with Crippen LogP contribution in [-0.4, -0.2) is 41.0 Å². The molecule has 0 aromatic heterocycles. The second-order valence-electron chi connectivity index (χ2n) is 8.35. The lowest BCUT2D eigenvalue weighted by Crippen LogP contribution is -2.04. The van der Waals surface area contributed by atoms with Gasteiger partial charge in [0.1, 0.15) is 23.0 Å². The van der Waals surface area contributed by atoms with Crippen LogP contribution in [0.15, 0.2) is 84.9 Å². The number of ether oxygens (including phenoxy) is 4. The third-order valence-corrected chi connectivity index (χ3v) is 6.32. The number of carbonyl (C=O) groups is 2. The van der Waals surface area contributed by atoms with Gasteiger partial charge in [0.05, 0.1) is 28.4 Å². The first-order chi connectivity index (χ1) is 18.6. The van der Waals surface area contributed by atoms with Crippen molar-refractivity contribution in [1.82, 2.24) is 0 Å². The SMILES string of the molecule is COc1ccc(C(=C(c2ccc(OC)cc2C=O)c2ccc(OC)cc2C=O)c2ccc(OC)cc2)cc1. The maximum absolute atomic E-state index is 12.3. The van der Waals surface area contributed by atoms with E-state index in [1.807, 2.05) is 60.7 Å². The topological polar surface area (TPSA) is 71.1 Å². The van der Waals surface area contributed by atoms with Gasteiger partial charge >= 0.3 is 0 Å². The molecule has 0 aliphatic carbocycles. The summed E-state index contributed by atoms with van der Waals surface area (Å²) in [5.74, 6) is 2.52. The molecule has 4 rings (SSSR count). The van der Waals surface area contributed by atoms with E-state index in [0.29, 0.717) is 50.8 Å². The summed E-state index contributed by atoms with van der Waals surface area (Å²) in [5, 5.41) is 0. The molecule has 0 saturated heterocycles. The van der Waals surface area contributed by atoms with Crippen molar-refractivity contribution in [2.45, 2.75) is 0 Å². The number of aldehydes is 2. The van der Waals surface area contributed by atoms with Gasteiger partial charge in [-0.25, -0.2) is 0 Å². The summed E-state index contributed by atoms with van der Waals surface area (Å²) in [6.07, 6.45) is 1.59. The smallest absolute Gasteiger partial charge is 0.150 e. The Morgan fingerprint density at radius 3 is 1.13 bits per heavy atom. The monoisotopic (exact) mass is 508 g/mol. The van der Waals surface area contributed by atoms with Gasteiger partial charge in [-0.3, -0.25) is 9.59 Å². The van der Waals surface area contributed by atoms with Crippen LogP contribution in [0.2, 0.25) is 0 Å². The van der Waals surface area contributed by atoms with Crippen molar-refractivity contribution in [1.29, 1.82) is 0 Å². The van der Waals surface area contributed by atoms with Crippen LogP contribution in [0.1, 0.15) is 43.0 Å². The standard InChI is InChI=1S/C32H28O6/c1-35-25-9-5-21(6-10-25)31(22-7-11-26(36-2)12-8-22)32(29-15-13-27(37-3)17-23(29)19-33)30-16-14-28(38-4)18-24(30)20-34/h5-20H,1-4H3. The first-order valence-electron chi connectivity index (χ1n) is 11.9. The van der Waals surface area contributed by atoms with Gasteiger partial charge in [0.2, 0.25) is 0 Å². The predicted octanol–water partition coefficient (Wildman–Crippen LogP) is 6.35. The van der Waals surface area contributed by atoms with Gasteiger partial charge in [0, 0.05) is 11.1 Å². The van der Waals surface area contributed by atoms with Crippen molar-refractivity contribution in [3.8, 4) is 23.0 Å². The third kappa shape index (κ3) is 5.30. The second kappa shape index (κ2) is 11.9. The van der Waals surface area contributed by atoms with Gasteiger partial charge in [-0.1, -0.05) is 24.3 Å². The van der Waals surface area contributed by atoms with E-state index in [2.05, 4.69) is 0 Å². The molecule has 0 unspecified atom stereocenters. The molecule has 0 amide bonds. The zero-order chi connectivity index (χ0) is 27.1. The molecule has 0 radical (unpaired) electrons. The van der Waals surface area contributed by atoms with Crippen molar-refractivity contribution >= 4 is 23.7 Å². The Morgan fingerprint density at radius 2 is 0.816 bits per heavy atom. The van der Waals surface area contributed by atoms with Crippen LogP contribution in [-0.2, 0) is 0 Å². The van der Waals surface area contributed by atoms with Crippen LogP contribution < -0.4 is 18.9 Å². The Balaban J connectivity index is 2.18. The van der Waals surface area contributed by atoms with E-state index in [1.54, 1.807) is 52.7 Å². The van der Waals surface area contributed by atoms with Crippen LogP contribution in [0, 0.1) is 0 Å². The highest BCUT2D eigenvalue weighted by Gasteiger charge is 2.22. The van der Waals surface area contributed by atoms with Crippen molar-refractivity contribution < 1.29 is 28.5 Å². The van der Waals surface area contributed by atoms with E-state index in [-0.39, 0.29) is 0 Å². The van der Waals surface area contributed by atoms with Crippen LogP contribution in [0.25, 0.3) is 11.1 Å². The molecule has 6 heteroatoms. The van der Waals surface area contributed by atoms with Crippen molar-refractivity contribution in [3.05, 3.63) is 118 Å². The molecular weight excluding hydrogens is 480 g/mol. The average molecular weight is 509 g/mol. The molecule has 0 heterocycles. The van der Waals surface area contributed by atoms with Crippen molar-refractivity contribution in [2.75, 3.05) is 28.4 Å². The molecule has 0 saturated carbocycles. The van der Waals surface area contributed by atoms with Crippen molar-refractivity contribution in [2.24, 2.45) is 0 Å². The third-order valence-electron chi connectivity index (χ3n) is 6.32. The molecule has 0 aliphatic rings. The molecular formula is C32H28O6. The van der Waals surface area contributed by atoms with Crippen LogP contribution in [0.3, 0.4) is 0 Å². The van der Waals surface area contributed by atoms with Gasteiger partial charge in [-0.15, -0.1) is 0 Å². The maximum Gasteiger partial charge on any atom is 0.150 e. The van der Waals surface area contributed by atoms with E-state index in [1.165, 1.54) is 0 Å². The molecule has 0 spiro atoms. The molecule has 38 heavy (non-hydrogen) atoms. The Labute approximate surface area is 222 Å². The number of carbonyl (C=O) groups excluding carboxylic acids is 2. The van der Waals surface area contributed by atoms with Gasteiger partial charge in [-0.05, 0) is 94.1 Å². The molecule has 192 valence electrons. The molecule has 6 nitrogen and oxygen atoms in total. The fourth-order valence-electron chi connectivity index (χ4n) is 4.37. The summed E-state index contributed by atoms with van der Waals surface area (Å²) in [5.41, 5.74) is 5.40. The van der Waals surface area contributed by atoms with E-state index >= 15 is 0 Å². The minimum atomic E-state index is 0.423. The highest BCUT2D eigenvalue weighted by atomic mass is 16.5. The lowest BCUT2D eigenvalue weighted by molar-refractivity contribution is 0.111. The second-order valence-corrected chi connectivity index (χ2v) is 8.35. The van der Waals surface area contributed by atoms with E-state index in [9.17, 15) is 9.59 Å². The van der Waals surface area contributed by atoms with E-state index in [4.69, 9.17) is 18.9 Å². The zero-order valence-corrected chi connectivity index (χ0v) is 21.7. The summed E-state index contributed by atoms with van der Waals surface area (Å²) in [7, 11) is 6.33. The fourth-order valence-corrected chi connectivity index (χ4v) is 4.37. The summed E-state index contributed by atoms with van der Waals surface area (Å²) in [4.78, 5) is 24.7. The minimum Gasteiger partial charge on any atom is -0.497 e. The quantitative estimate of drug-likeness (QED) is 0.184. The summed E-state index contributed by atoms with van der Waals surface area (Å²) in [6.45, 7) is 0. The van der Waals surface area contributed by atoms with Gasteiger partial charge in [-0.2, -0.15) is 0 Å². The number of hydrogen-bond acceptors (Lipinski definition) is 6. The molecule has 4 aromatic carbocycles. The van der Waals surface area contributed by atoms with Crippen LogP contribution >= 0.6 is 0 Å². The molecule has 0 N–H and O–H groups in total. The largest absolute Gasteiger partial charge is 0.497 e. The first-order valence-corrected chi connectivity index (χ1v) is 11.9. The number of rotatable bonds is 10.